The molecule has 1 N–H and O–H groups in total. The van der Waals surface area contributed by atoms with Crippen molar-refractivity contribution in [2.45, 2.75) is 39.5 Å². The minimum atomic E-state index is -3.74. The Hall–Kier alpha value is -3.03. The van der Waals surface area contributed by atoms with Gasteiger partial charge in [0.05, 0.1) is 71.0 Å². The molecule has 10 nitrogen and oxygen atoms in total. The Kier molecular flexibility index (Phi) is 20.7. The van der Waals surface area contributed by atoms with Gasteiger partial charge in [0.15, 0.2) is 0 Å². The SMILES string of the molecule is CCN(CCOCCOCCO)c1cccc(C)c1.CCN(CCOCCOCCOS(=O)(=O)c1ccc(C)cc1)c1cccc(C)c1. The van der Waals surface area contributed by atoms with Gasteiger partial charge in [0, 0.05) is 37.6 Å². The monoisotopic (exact) mass is 688 g/mol. The van der Waals surface area contributed by atoms with Crippen molar-refractivity contribution in [3.63, 3.8) is 0 Å². The molecule has 0 fully saturated rings. The van der Waals surface area contributed by atoms with Crippen molar-refractivity contribution in [3.8, 4) is 0 Å². The molecule has 0 atom stereocenters. The molecule has 0 aliphatic rings. The summed E-state index contributed by atoms with van der Waals surface area (Å²) in [5.74, 6) is 0. The summed E-state index contributed by atoms with van der Waals surface area (Å²) in [7, 11) is -3.74. The van der Waals surface area contributed by atoms with E-state index in [4.69, 9.17) is 28.2 Å². The highest BCUT2D eigenvalue weighted by Crippen LogP contribution is 2.16. The number of hydrogen-bond acceptors (Lipinski definition) is 10. The molecule has 0 saturated carbocycles. The van der Waals surface area contributed by atoms with Crippen molar-refractivity contribution in [3.05, 3.63) is 89.5 Å². The van der Waals surface area contributed by atoms with Crippen molar-refractivity contribution in [1.29, 1.82) is 0 Å². The van der Waals surface area contributed by atoms with E-state index in [1.54, 1.807) is 12.1 Å². The van der Waals surface area contributed by atoms with Crippen LogP contribution < -0.4 is 9.80 Å². The molecular formula is C37H56N2O8S. The van der Waals surface area contributed by atoms with Crippen LogP contribution in [0.1, 0.15) is 30.5 Å². The van der Waals surface area contributed by atoms with Crippen LogP contribution in [-0.4, -0.2) is 106 Å². The van der Waals surface area contributed by atoms with Crippen molar-refractivity contribution in [2.24, 2.45) is 0 Å². The van der Waals surface area contributed by atoms with E-state index in [1.807, 2.05) is 6.92 Å². The van der Waals surface area contributed by atoms with Gasteiger partial charge >= 0.3 is 0 Å². The maximum atomic E-state index is 12.0. The van der Waals surface area contributed by atoms with Gasteiger partial charge in [0.2, 0.25) is 0 Å². The Balaban J connectivity index is 0.000000365. The molecule has 0 amide bonds. The van der Waals surface area contributed by atoms with Gasteiger partial charge < -0.3 is 33.9 Å². The Bertz CT molecular complexity index is 1370. The number of nitrogens with zero attached hydrogens (tertiary/aromatic N) is 2. The van der Waals surface area contributed by atoms with E-state index in [0.717, 1.165) is 31.7 Å². The second-order valence-electron chi connectivity index (χ2n) is 11.1. The molecule has 0 spiro atoms. The molecule has 268 valence electrons. The third-order valence-electron chi connectivity index (χ3n) is 7.26. The number of aliphatic hydroxyl groups is 1. The highest BCUT2D eigenvalue weighted by molar-refractivity contribution is 7.86. The number of rotatable bonds is 23. The van der Waals surface area contributed by atoms with E-state index in [2.05, 4.69) is 86.0 Å². The molecule has 0 saturated heterocycles. The minimum absolute atomic E-state index is 0.0207. The number of benzene rings is 3. The Labute approximate surface area is 288 Å². The van der Waals surface area contributed by atoms with E-state index in [0.29, 0.717) is 46.2 Å². The molecule has 0 aliphatic carbocycles. The molecule has 0 bridgehead atoms. The quantitative estimate of drug-likeness (QED) is 0.103. The van der Waals surface area contributed by atoms with Crippen LogP contribution in [-0.2, 0) is 33.2 Å². The maximum Gasteiger partial charge on any atom is 0.297 e. The summed E-state index contributed by atoms with van der Waals surface area (Å²) in [4.78, 5) is 4.71. The zero-order chi connectivity index (χ0) is 35.0. The number of aliphatic hydroxyl groups excluding tert-OH is 1. The lowest BCUT2D eigenvalue weighted by molar-refractivity contribution is 0.0351. The third-order valence-corrected chi connectivity index (χ3v) is 8.59. The Morgan fingerprint density at radius 1 is 0.562 bits per heavy atom. The first-order valence-corrected chi connectivity index (χ1v) is 18.1. The Morgan fingerprint density at radius 2 is 1.00 bits per heavy atom. The highest BCUT2D eigenvalue weighted by Gasteiger charge is 2.14. The average Bonchev–Trinajstić information content (AvgIpc) is 3.07. The smallest absolute Gasteiger partial charge is 0.297 e. The number of ether oxygens (including phenoxy) is 4. The van der Waals surface area contributed by atoms with E-state index in [1.165, 1.54) is 34.6 Å². The van der Waals surface area contributed by atoms with Crippen LogP contribution in [0.3, 0.4) is 0 Å². The zero-order valence-electron chi connectivity index (χ0n) is 29.4. The van der Waals surface area contributed by atoms with E-state index >= 15 is 0 Å². The number of hydrogen-bond donors (Lipinski definition) is 1. The van der Waals surface area contributed by atoms with Crippen LogP contribution in [0.15, 0.2) is 77.7 Å². The minimum Gasteiger partial charge on any atom is -0.394 e. The fourth-order valence-electron chi connectivity index (χ4n) is 4.62. The lowest BCUT2D eigenvalue weighted by Gasteiger charge is -2.23. The summed E-state index contributed by atoms with van der Waals surface area (Å²) in [6.45, 7) is 17.8. The summed E-state index contributed by atoms with van der Waals surface area (Å²) in [6.07, 6.45) is 0. The second kappa shape index (κ2) is 24.2. The van der Waals surface area contributed by atoms with Gasteiger partial charge in [0.1, 0.15) is 0 Å². The molecule has 3 rings (SSSR count). The van der Waals surface area contributed by atoms with E-state index < -0.39 is 10.1 Å². The van der Waals surface area contributed by atoms with E-state index in [-0.39, 0.29) is 24.7 Å². The van der Waals surface area contributed by atoms with Crippen molar-refractivity contribution in [2.75, 3.05) is 102 Å². The highest BCUT2D eigenvalue weighted by atomic mass is 32.2. The van der Waals surface area contributed by atoms with Crippen LogP contribution in [0.5, 0.6) is 0 Å². The molecule has 48 heavy (non-hydrogen) atoms. The summed E-state index contributed by atoms with van der Waals surface area (Å²) < 4.78 is 50.7. The molecule has 3 aromatic carbocycles. The van der Waals surface area contributed by atoms with Gasteiger partial charge in [-0.3, -0.25) is 4.18 Å². The van der Waals surface area contributed by atoms with Gasteiger partial charge in [-0.05, 0) is 82.1 Å². The largest absolute Gasteiger partial charge is 0.394 e. The lowest BCUT2D eigenvalue weighted by atomic mass is 10.2. The molecule has 0 unspecified atom stereocenters. The topological polar surface area (TPSA) is 107 Å². The predicted molar refractivity (Wildman–Crippen MR) is 193 cm³/mol. The predicted octanol–water partition coefficient (Wildman–Crippen LogP) is 5.42. The first kappa shape index (κ1) is 41.1. The van der Waals surface area contributed by atoms with Crippen molar-refractivity contribution >= 4 is 21.5 Å². The molecule has 11 heteroatoms. The van der Waals surface area contributed by atoms with Gasteiger partial charge in [-0.2, -0.15) is 8.42 Å². The van der Waals surface area contributed by atoms with E-state index in [9.17, 15) is 8.42 Å². The van der Waals surface area contributed by atoms with Crippen molar-refractivity contribution < 1.29 is 36.7 Å². The van der Waals surface area contributed by atoms with Crippen LogP contribution in [0, 0.1) is 20.8 Å². The third kappa shape index (κ3) is 16.9. The summed E-state index contributed by atoms with van der Waals surface area (Å²) in [5, 5.41) is 8.55. The molecule has 0 radical (unpaired) electrons. The standard InChI is InChI=1S/C22H31NO5S.C15H25NO3/c1-4-23(21-7-5-6-20(3)18-21)12-13-26-14-15-27-16-17-28-29(24,25)22-10-8-19(2)9-11-22;1-3-16(15-6-4-5-14(2)13-15)7-9-18-11-12-19-10-8-17/h5-11,18H,4,12-17H2,1-3H3;4-6,13,17H,3,7-12H2,1-2H3. The lowest BCUT2D eigenvalue weighted by Crippen LogP contribution is -2.27. The van der Waals surface area contributed by atoms with Crippen LogP contribution in [0.4, 0.5) is 11.4 Å². The first-order chi connectivity index (χ1) is 23.2. The number of likely N-dealkylation sites (N-methyl/N-ethyl adjacent to an activating group) is 2. The number of anilines is 2. The van der Waals surface area contributed by atoms with Crippen molar-refractivity contribution in [1.82, 2.24) is 0 Å². The van der Waals surface area contributed by atoms with Crippen LogP contribution >= 0.6 is 0 Å². The van der Waals surface area contributed by atoms with Gasteiger partial charge in [0.25, 0.3) is 10.1 Å². The summed E-state index contributed by atoms with van der Waals surface area (Å²) in [6, 6.07) is 23.5. The Morgan fingerprint density at radius 3 is 1.44 bits per heavy atom. The molecule has 0 aliphatic heterocycles. The van der Waals surface area contributed by atoms with Crippen LogP contribution in [0.2, 0.25) is 0 Å². The molecule has 0 heterocycles. The maximum absolute atomic E-state index is 12.0. The fourth-order valence-corrected chi connectivity index (χ4v) is 5.52. The number of aryl methyl sites for hydroxylation is 3. The summed E-state index contributed by atoms with van der Waals surface area (Å²) >= 11 is 0. The van der Waals surface area contributed by atoms with Gasteiger partial charge in [-0.15, -0.1) is 0 Å². The zero-order valence-corrected chi connectivity index (χ0v) is 30.3. The van der Waals surface area contributed by atoms with Gasteiger partial charge in [-0.25, -0.2) is 0 Å². The molecule has 0 aromatic heterocycles. The normalized spacial score (nSPS) is 11.2. The average molecular weight is 689 g/mol. The van der Waals surface area contributed by atoms with Crippen LogP contribution in [0.25, 0.3) is 0 Å². The molecule has 3 aromatic rings. The van der Waals surface area contributed by atoms with Gasteiger partial charge in [-0.1, -0.05) is 42.0 Å². The second-order valence-corrected chi connectivity index (χ2v) is 12.7. The molecular weight excluding hydrogens is 632 g/mol. The summed E-state index contributed by atoms with van der Waals surface area (Å²) in [5.41, 5.74) is 5.94. The first-order valence-electron chi connectivity index (χ1n) is 16.7. The fraction of sp³-hybridized carbons (Fsp3) is 0.514.